The fourth-order valence-electron chi connectivity index (χ4n) is 2.33. The van der Waals surface area contributed by atoms with Gasteiger partial charge in [-0.3, -0.25) is 0 Å². The number of ether oxygens (including phenoxy) is 1. The fourth-order valence-corrected chi connectivity index (χ4v) is 2.33. The van der Waals surface area contributed by atoms with Crippen molar-refractivity contribution < 1.29 is 14.2 Å². The molecule has 3 nitrogen and oxygen atoms in total. The first kappa shape index (κ1) is 15.3. The number of aliphatic hydroxyl groups is 1. The summed E-state index contributed by atoms with van der Waals surface area (Å²) in [6, 6.07) is 12.3. The van der Waals surface area contributed by atoms with E-state index in [1.807, 2.05) is 31.2 Å². The van der Waals surface area contributed by atoms with Crippen LogP contribution in [0.5, 0.6) is 5.75 Å². The second kappa shape index (κ2) is 7.09. The van der Waals surface area contributed by atoms with Gasteiger partial charge in [0.25, 0.3) is 0 Å². The van der Waals surface area contributed by atoms with E-state index in [-0.39, 0.29) is 18.5 Å². The second-order valence-electron chi connectivity index (χ2n) is 4.89. The molecule has 0 heterocycles. The number of anilines is 1. The lowest BCUT2D eigenvalue weighted by molar-refractivity contribution is 0.299. The Kier molecular flexibility index (Phi) is 5.17. The van der Waals surface area contributed by atoms with Gasteiger partial charge >= 0.3 is 0 Å². The van der Waals surface area contributed by atoms with Crippen molar-refractivity contribution in [3.8, 4) is 5.75 Å². The zero-order valence-corrected chi connectivity index (χ0v) is 12.3. The van der Waals surface area contributed by atoms with Crippen LogP contribution in [0.2, 0.25) is 0 Å². The van der Waals surface area contributed by atoms with Crippen molar-refractivity contribution in [1.29, 1.82) is 0 Å². The van der Waals surface area contributed by atoms with E-state index in [2.05, 4.69) is 5.32 Å². The summed E-state index contributed by atoms with van der Waals surface area (Å²) in [4.78, 5) is 0. The number of methoxy groups -OCH3 is 1. The van der Waals surface area contributed by atoms with Crippen LogP contribution in [0, 0.1) is 5.82 Å². The third kappa shape index (κ3) is 3.73. The third-order valence-electron chi connectivity index (χ3n) is 3.40. The lowest BCUT2D eigenvalue weighted by Crippen LogP contribution is -2.10. The van der Waals surface area contributed by atoms with E-state index in [1.54, 1.807) is 12.1 Å². The summed E-state index contributed by atoms with van der Waals surface area (Å²) >= 11 is 0. The lowest BCUT2D eigenvalue weighted by atomic mass is 10.1. The third-order valence-corrected chi connectivity index (χ3v) is 3.40. The molecule has 2 N–H and O–H groups in total. The minimum Gasteiger partial charge on any atom is -0.496 e. The number of halogens is 1. The second-order valence-corrected chi connectivity index (χ2v) is 4.89. The van der Waals surface area contributed by atoms with Crippen LogP contribution < -0.4 is 10.1 Å². The maximum Gasteiger partial charge on any atom is 0.132 e. The minimum absolute atomic E-state index is 0.135. The summed E-state index contributed by atoms with van der Waals surface area (Å²) in [6.45, 7) is 2.03. The van der Waals surface area contributed by atoms with Gasteiger partial charge in [-0.25, -0.2) is 4.39 Å². The molecule has 0 aliphatic heterocycles. The SMILES string of the molecule is COc1cccc(F)c1C(C)Nc1ccc(CCO)cc1. The summed E-state index contributed by atoms with van der Waals surface area (Å²) in [6.07, 6.45) is 0.636. The maximum atomic E-state index is 14.0. The normalized spacial score (nSPS) is 12.0. The molecule has 0 radical (unpaired) electrons. The van der Waals surface area contributed by atoms with Crippen LogP contribution in [0.3, 0.4) is 0 Å². The van der Waals surface area contributed by atoms with Crippen molar-refractivity contribution in [2.24, 2.45) is 0 Å². The molecule has 2 rings (SSSR count). The monoisotopic (exact) mass is 289 g/mol. The Bertz CT molecular complexity index is 584. The van der Waals surface area contributed by atoms with E-state index in [4.69, 9.17) is 9.84 Å². The molecule has 4 heteroatoms. The van der Waals surface area contributed by atoms with Crippen molar-refractivity contribution in [3.63, 3.8) is 0 Å². The number of benzene rings is 2. The molecule has 2 aromatic rings. The van der Waals surface area contributed by atoms with E-state index in [9.17, 15) is 4.39 Å². The Hall–Kier alpha value is -2.07. The van der Waals surface area contributed by atoms with Gasteiger partial charge in [0.05, 0.1) is 18.7 Å². The topological polar surface area (TPSA) is 41.5 Å². The summed E-state index contributed by atoms with van der Waals surface area (Å²) in [5.74, 6) is 0.248. The Balaban J connectivity index is 2.16. The molecule has 0 saturated heterocycles. The van der Waals surface area contributed by atoms with Gasteiger partial charge in [-0.2, -0.15) is 0 Å². The highest BCUT2D eigenvalue weighted by molar-refractivity contribution is 5.49. The highest BCUT2D eigenvalue weighted by Gasteiger charge is 2.16. The lowest BCUT2D eigenvalue weighted by Gasteiger charge is -2.19. The van der Waals surface area contributed by atoms with Gasteiger partial charge < -0.3 is 15.2 Å². The van der Waals surface area contributed by atoms with E-state index in [0.29, 0.717) is 17.7 Å². The van der Waals surface area contributed by atoms with E-state index in [1.165, 1.54) is 13.2 Å². The molecular formula is C17H20FNO2. The largest absolute Gasteiger partial charge is 0.496 e. The van der Waals surface area contributed by atoms with Crippen LogP contribution in [0.25, 0.3) is 0 Å². The predicted octanol–water partition coefficient (Wildman–Crippen LogP) is 3.54. The van der Waals surface area contributed by atoms with Crippen LogP contribution in [0.1, 0.15) is 24.1 Å². The van der Waals surface area contributed by atoms with Crippen molar-refractivity contribution in [2.75, 3.05) is 19.0 Å². The molecule has 0 fully saturated rings. The van der Waals surface area contributed by atoms with Gasteiger partial charge in [0.2, 0.25) is 0 Å². The van der Waals surface area contributed by atoms with Crippen LogP contribution in [-0.4, -0.2) is 18.8 Å². The van der Waals surface area contributed by atoms with Gasteiger partial charge in [0.1, 0.15) is 11.6 Å². The summed E-state index contributed by atoms with van der Waals surface area (Å²) in [7, 11) is 1.54. The number of hydrogen-bond donors (Lipinski definition) is 2. The van der Waals surface area contributed by atoms with E-state index < -0.39 is 0 Å². The molecule has 0 amide bonds. The Morgan fingerprint density at radius 3 is 2.52 bits per heavy atom. The zero-order chi connectivity index (χ0) is 15.2. The molecule has 0 saturated carbocycles. The zero-order valence-electron chi connectivity index (χ0n) is 12.3. The molecule has 0 spiro atoms. The fraction of sp³-hybridized carbons (Fsp3) is 0.294. The quantitative estimate of drug-likeness (QED) is 0.854. The molecule has 1 unspecified atom stereocenters. The maximum absolute atomic E-state index is 14.0. The highest BCUT2D eigenvalue weighted by Crippen LogP contribution is 2.30. The van der Waals surface area contributed by atoms with Gasteiger partial charge in [-0.1, -0.05) is 18.2 Å². The first-order chi connectivity index (χ1) is 10.2. The first-order valence-electron chi connectivity index (χ1n) is 6.94. The van der Waals surface area contributed by atoms with Crippen molar-refractivity contribution >= 4 is 5.69 Å². The Morgan fingerprint density at radius 1 is 1.19 bits per heavy atom. The molecule has 21 heavy (non-hydrogen) atoms. The first-order valence-corrected chi connectivity index (χ1v) is 6.94. The number of hydrogen-bond acceptors (Lipinski definition) is 3. The average Bonchev–Trinajstić information content (AvgIpc) is 2.49. The molecular weight excluding hydrogens is 269 g/mol. The van der Waals surface area contributed by atoms with Gasteiger partial charge in [-0.15, -0.1) is 0 Å². The number of rotatable bonds is 6. The Morgan fingerprint density at radius 2 is 1.90 bits per heavy atom. The Labute approximate surface area is 124 Å². The van der Waals surface area contributed by atoms with Gasteiger partial charge in [0.15, 0.2) is 0 Å². The summed E-state index contributed by atoms with van der Waals surface area (Å²) in [5.41, 5.74) is 2.48. The molecule has 0 bridgehead atoms. The molecule has 0 aliphatic carbocycles. The summed E-state index contributed by atoms with van der Waals surface area (Å²) in [5, 5.41) is 12.2. The van der Waals surface area contributed by atoms with Crippen LogP contribution >= 0.6 is 0 Å². The van der Waals surface area contributed by atoms with Gasteiger partial charge in [0, 0.05) is 12.3 Å². The van der Waals surface area contributed by atoms with Crippen molar-refractivity contribution in [1.82, 2.24) is 0 Å². The summed E-state index contributed by atoms with van der Waals surface area (Å²) < 4.78 is 19.2. The standard InChI is InChI=1S/C17H20FNO2/c1-12(17-15(18)4-3-5-16(17)21-2)19-14-8-6-13(7-9-14)10-11-20/h3-9,12,19-20H,10-11H2,1-2H3. The number of nitrogens with one attached hydrogen (secondary N) is 1. The minimum atomic E-state index is -0.286. The van der Waals surface area contributed by atoms with E-state index >= 15 is 0 Å². The average molecular weight is 289 g/mol. The molecule has 112 valence electrons. The van der Waals surface area contributed by atoms with Crippen LogP contribution in [0.4, 0.5) is 10.1 Å². The van der Waals surface area contributed by atoms with Crippen LogP contribution in [0.15, 0.2) is 42.5 Å². The predicted molar refractivity (Wildman–Crippen MR) is 82.2 cm³/mol. The van der Waals surface area contributed by atoms with Crippen molar-refractivity contribution in [3.05, 3.63) is 59.4 Å². The molecule has 0 aliphatic rings. The van der Waals surface area contributed by atoms with Crippen LogP contribution in [-0.2, 0) is 6.42 Å². The smallest absolute Gasteiger partial charge is 0.132 e. The van der Waals surface area contributed by atoms with E-state index in [0.717, 1.165) is 11.3 Å². The molecule has 2 aromatic carbocycles. The molecule has 0 aromatic heterocycles. The number of aliphatic hydroxyl groups excluding tert-OH is 1. The highest BCUT2D eigenvalue weighted by atomic mass is 19.1. The molecule has 1 atom stereocenters. The van der Waals surface area contributed by atoms with Crippen molar-refractivity contribution in [2.45, 2.75) is 19.4 Å². The van der Waals surface area contributed by atoms with Gasteiger partial charge in [-0.05, 0) is 43.2 Å².